The van der Waals surface area contributed by atoms with E-state index in [4.69, 9.17) is 5.11 Å². The van der Waals surface area contributed by atoms with Crippen LogP contribution in [0.4, 0.5) is 45.2 Å². The third-order valence-electron chi connectivity index (χ3n) is 4.05. The number of benzene rings is 2. The average molecular weight is 457 g/mol. The van der Waals surface area contributed by atoms with Crippen LogP contribution in [0, 0.1) is 40.7 Å². The van der Waals surface area contributed by atoms with Crippen LogP contribution < -0.4 is 9.64 Å². The molecule has 5 nitrogen and oxygen atoms in total. The Labute approximate surface area is 164 Å². The van der Waals surface area contributed by atoms with Crippen molar-refractivity contribution in [1.82, 2.24) is 0 Å². The van der Waals surface area contributed by atoms with Gasteiger partial charge in [0, 0.05) is 6.07 Å². The van der Waals surface area contributed by atoms with E-state index in [1.807, 2.05) is 0 Å². The third-order valence-corrected chi connectivity index (χ3v) is 4.05. The lowest BCUT2D eigenvalue weighted by Gasteiger charge is -2.34. The standard InChI is InChI=1S/C17H4F9NO4/c1-3(15(28)29)27-14-5(31-17(25,26)16(27)30)2-4(18)6(10(14)21)7-8(19)11(22)13(24)12(23)9(7)20/h2H,1H2,(H,28,29). The van der Waals surface area contributed by atoms with Gasteiger partial charge in [0.2, 0.25) is 5.82 Å². The second-order valence-corrected chi connectivity index (χ2v) is 5.85. The molecule has 1 amide bonds. The van der Waals surface area contributed by atoms with Crippen LogP contribution in [-0.2, 0) is 9.59 Å². The Morgan fingerprint density at radius 2 is 1.39 bits per heavy atom. The monoisotopic (exact) mass is 457 g/mol. The van der Waals surface area contributed by atoms with Crippen LogP contribution in [0.15, 0.2) is 18.3 Å². The highest BCUT2D eigenvalue weighted by atomic mass is 19.3. The molecule has 14 heteroatoms. The molecular formula is C17H4F9NO4. The van der Waals surface area contributed by atoms with Crippen molar-refractivity contribution in [1.29, 1.82) is 0 Å². The Kier molecular flexibility index (Phi) is 4.91. The van der Waals surface area contributed by atoms with Gasteiger partial charge in [0.05, 0.1) is 11.1 Å². The van der Waals surface area contributed by atoms with Crippen molar-refractivity contribution < 1.29 is 58.9 Å². The summed E-state index contributed by atoms with van der Waals surface area (Å²) in [6, 6.07) is -0.158. The zero-order valence-electron chi connectivity index (χ0n) is 14.3. The number of carbonyl (C=O) groups excluding carboxylic acids is 1. The molecule has 2 aromatic rings. The van der Waals surface area contributed by atoms with Gasteiger partial charge in [-0.25, -0.2) is 35.5 Å². The van der Waals surface area contributed by atoms with Gasteiger partial charge in [-0.1, -0.05) is 6.58 Å². The summed E-state index contributed by atoms with van der Waals surface area (Å²) in [5, 5.41) is 8.93. The van der Waals surface area contributed by atoms with E-state index < -0.39 is 91.9 Å². The number of carboxylic acid groups (broad SMARTS) is 1. The molecule has 0 radical (unpaired) electrons. The van der Waals surface area contributed by atoms with Gasteiger partial charge in [-0.3, -0.25) is 9.69 Å². The van der Waals surface area contributed by atoms with Gasteiger partial charge in [-0.2, -0.15) is 8.78 Å². The smallest absolute Gasteiger partial charge is 0.477 e. The van der Waals surface area contributed by atoms with Crippen LogP contribution in [0.25, 0.3) is 11.1 Å². The first-order chi connectivity index (χ1) is 14.2. The molecule has 1 aliphatic heterocycles. The number of alkyl halides is 2. The summed E-state index contributed by atoms with van der Waals surface area (Å²) >= 11 is 0. The van der Waals surface area contributed by atoms with Crippen molar-refractivity contribution in [3.8, 4) is 16.9 Å². The number of fused-ring (bicyclic) bond motifs is 1. The quantitative estimate of drug-likeness (QED) is 0.324. The second kappa shape index (κ2) is 6.92. The number of aliphatic carboxylic acids is 1. The van der Waals surface area contributed by atoms with Crippen LogP contribution in [0.1, 0.15) is 0 Å². The first kappa shape index (κ1) is 22.0. The minimum atomic E-state index is -4.85. The van der Waals surface area contributed by atoms with E-state index in [0.29, 0.717) is 0 Å². The minimum Gasteiger partial charge on any atom is -0.477 e. The summed E-state index contributed by atoms with van der Waals surface area (Å²) in [6.07, 6.45) is -4.85. The molecule has 164 valence electrons. The van der Waals surface area contributed by atoms with Crippen molar-refractivity contribution in [3.63, 3.8) is 0 Å². The van der Waals surface area contributed by atoms with Gasteiger partial charge < -0.3 is 9.84 Å². The zero-order valence-corrected chi connectivity index (χ0v) is 14.3. The summed E-state index contributed by atoms with van der Waals surface area (Å²) in [4.78, 5) is 22.4. The maximum Gasteiger partial charge on any atom is 0.483 e. The third kappa shape index (κ3) is 3.05. The van der Waals surface area contributed by atoms with Gasteiger partial charge in [-0.15, -0.1) is 0 Å². The lowest BCUT2D eigenvalue weighted by atomic mass is 9.99. The number of nitrogens with zero attached hydrogens (tertiary/aromatic N) is 1. The molecule has 31 heavy (non-hydrogen) atoms. The van der Waals surface area contributed by atoms with Crippen molar-refractivity contribution in [3.05, 3.63) is 59.1 Å². The lowest BCUT2D eigenvalue weighted by Crippen LogP contribution is -2.51. The highest BCUT2D eigenvalue weighted by Crippen LogP contribution is 2.47. The summed E-state index contributed by atoms with van der Waals surface area (Å²) in [5.41, 5.74) is -7.25. The lowest BCUT2D eigenvalue weighted by molar-refractivity contribution is -0.192. The molecule has 0 spiro atoms. The Bertz CT molecular complexity index is 1170. The zero-order chi connectivity index (χ0) is 23.6. The van der Waals surface area contributed by atoms with E-state index in [2.05, 4.69) is 11.3 Å². The molecule has 0 unspecified atom stereocenters. The van der Waals surface area contributed by atoms with E-state index in [0.717, 1.165) is 0 Å². The topological polar surface area (TPSA) is 66.8 Å². The average Bonchev–Trinajstić information content (AvgIpc) is 2.68. The maximum atomic E-state index is 15.1. The Balaban J connectivity index is 2.45. The van der Waals surface area contributed by atoms with E-state index in [-0.39, 0.29) is 6.07 Å². The number of hydrogen-bond acceptors (Lipinski definition) is 3. The largest absolute Gasteiger partial charge is 0.483 e. The molecule has 0 bridgehead atoms. The molecule has 0 saturated heterocycles. The molecular weight excluding hydrogens is 453 g/mol. The van der Waals surface area contributed by atoms with E-state index in [1.165, 1.54) is 0 Å². The molecule has 0 aromatic heterocycles. The van der Waals surface area contributed by atoms with Gasteiger partial charge in [-0.05, 0) is 0 Å². The number of amides is 1. The van der Waals surface area contributed by atoms with Crippen molar-refractivity contribution in [2.75, 3.05) is 4.90 Å². The van der Waals surface area contributed by atoms with Crippen LogP contribution in [0.5, 0.6) is 5.75 Å². The van der Waals surface area contributed by atoms with Crippen LogP contribution in [0.2, 0.25) is 0 Å². The molecule has 2 aromatic carbocycles. The summed E-state index contributed by atoms with van der Waals surface area (Å²) in [7, 11) is 0. The van der Waals surface area contributed by atoms with E-state index in [9.17, 15) is 44.7 Å². The summed E-state index contributed by atoms with van der Waals surface area (Å²) in [5.74, 6) is -23.9. The molecule has 0 fully saturated rings. The molecule has 1 aliphatic rings. The molecule has 1 heterocycles. The van der Waals surface area contributed by atoms with E-state index >= 15 is 4.39 Å². The van der Waals surface area contributed by atoms with Gasteiger partial charge in [0.1, 0.15) is 17.2 Å². The fourth-order valence-electron chi connectivity index (χ4n) is 2.69. The molecule has 0 aliphatic carbocycles. The van der Waals surface area contributed by atoms with Crippen LogP contribution in [-0.4, -0.2) is 23.1 Å². The number of ether oxygens (including phenoxy) is 1. The number of anilines is 1. The fraction of sp³-hybridized carbons (Fsp3) is 0.0588. The molecule has 3 rings (SSSR count). The van der Waals surface area contributed by atoms with Crippen LogP contribution >= 0.6 is 0 Å². The maximum absolute atomic E-state index is 15.1. The predicted octanol–water partition coefficient (Wildman–Crippen LogP) is 4.24. The molecule has 0 saturated carbocycles. The number of rotatable bonds is 3. The predicted molar refractivity (Wildman–Crippen MR) is 81.4 cm³/mol. The summed E-state index contributed by atoms with van der Waals surface area (Å²) in [6.45, 7) is 2.77. The first-order valence-electron chi connectivity index (χ1n) is 7.59. The Morgan fingerprint density at radius 3 is 1.87 bits per heavy atom. The first-order valence-corrected chi connectivity index (χ1v) is 7.59. The number of carbonyl (C=O) groups is 2. The van der Waals surface area contributed by atoms with Crippen molar-refractivity contribution in [2.24, 2.45) is 0 Å². The Morgan fingerprint density at radius 1 is 0.903 bits per heavy atom. The molecule has 1 N–H and O–H groups in total. The van der Waals surface area contributed by atoms with Gasteiger partial charge >= 0.3 is 18.0 Å². The SMILES string of the molecule is C=C(C(=O)O)N1C(=O)C(F)(F)Oc2cc(F)c(-c3c(F)c(F)c(F)c(F)c3F)c(F)c21. The summed E-state index contributed by atoms with van der Waals surface area (Å²) < 4.78 is 129. The normalized spacial score (nSPS) is 14.9. The Hall–Kier alpha value is -3.71. The number of halogens is 9. The van der Waals surface area contributed by atoms with Gasteiger partial charge in [0.25, 0.3) is 0 Å². The second-order valence-electron chi connectivity index (χ2n) is 5.85. The highest BCUT2D eigenvalue weighted by Gasteiger charge is 2.54. The van der Waals surface area contributed by atoms with Crippen molar-refractivity contribution in [2.45, 2.75) is 6.11 Å². The van der Waals surface area contributed by atoms with Crippen LogP contribution in [0.3, 0.4) is 0 Å². The minimum absolute atomic E-state index is 0.158. The molecule has 0 atom stereocenters. The van der Waals surface area contributed by atoms with Gasteiger partial charge in [0.15, 0.2) is 34.8 Å². The highest BCUT2D eigenvalue weighted by molar-refractivity contribution is 6.10. The van der Waals surface area contributed by atoms with Crippen molar-refractivity contribution >= 4 is 17.6 Å². The number of hydrogen-bond donors (Lipinski definition) is 1. The van der Waals surface area contributed by atoms with E-state index in [1.54, 1.807) is 0 Å². The number of carboxylic acids is 1. The fourth-order valence-corrected chi connectivity index (χ4v) is 2.69.